The molecule has 0 amide bonds. The molecule has 2 rings (SSSR count). The summed E-state index contributed by atoms with van der Waals surface area (Å²) in [4.78, 5) is 6.57. The molecule has 1 aromatic carbocycles. The first-order valence-corrected chi connectivity index (χ1v) is 11.6. The van der Waals surface area contributed by atoms with Crippen molar-refractivity contribution in [1.29, 1.82) is 0 Å². The largest absolute Gasteiger partial charge is 0.417 e. The monoisotopic (exact) mass is 342 g/mol. The van der Waals surface area contributed by atoms with Gasteiger partial charge in [-0.2, -0.15) is 0 Å². The second-order valence-corrected chi connectivity index (χ2v) is 12.5. The summed E-state index contributed by atoms with van der Waals surface area (Å²) in [5, 5.41) is 0.259. The van der Waals surface area contributed by atoms with Crippen LogP contribution in [-0.2, 0) is 4.43 Å². The zero-order valence-electron chi connectivity index (χ0n) is 15.6. The molecular formula is C20H30N2OSi. The van der Waals surface area contributed by atoms with Crippen LogP contribution >= 0.6 is 0 Å². The fraction of sp³-hybridized carbons (Fsp3) is 0.450. The molecule has 3 nitrogen and oxygen atoms in total. The van der Waals surface area contributed by atoms with Crippen molar-refractivity contribution in [3.8, 4) is 0 Å². The van der Waals surface area contributed by atoms with Crippen LogP contribution in [0, 0.1) is 0 Å². The van der Waals surface area contributed by atoms with E-state index in [9.17, 15) is 0 Å². The van der Waals surface area contributed by atoms with Gasteiger partial charge in [-0.05, 0) is 48.8 Å². The molecule has 0 radical (unpaired) electrons. The number of aromatic nitrogens is 1. The van der Waals surface area contributed by atoms with E-state index >= 15 is 0 Å². The van der Waals surface area contributed by atoms with Crippen molar-refractivity contribution in [3.63, 3.8) is 0 Å². The molecule has 24 heavy (non-hydrogen) atoms. The summed E-state index contributed by atoms with van der Waals surface area (Å²) in [6.45, 7) is 13.2. The standard InChI is InChI=1S/C20H30N2OSi/c1-20(2,3)24(4,5)23-16-10-15-22(18-11-7-6-8-12-18)19-13-9-14-21-17-19/h6-9,11-14,17H,10,15-16H2,1-5H3. The Balaban J connectivity index is 2.01. The lowest BCUT2D eigenvalue weighted by Gasteiger charge is -2.36. The van der Waals surface area contributed by atoms with Crippen LogP contribution in [0.1, 0.15) is 27.2 Å². The van der Waals surface area contributed by atoms with Gasteiger partial charge < -0.3 is 9.33 Å². The third-order valence-corrected chi connectivity index (χ3v) is 9.36. The van der Waals surface area contributed by atoms with Gasteiger partial charge in [0, 0.05) is 25.0 Å². The van der Waals surface area contributed by atoms with E-state index in [4.69, 9.17) is 4.43 Å². The van der Waals surface area contributed by atoms with Gasteiger partial charge in [-0.3, -0.25) is 4.98 Å². The van der Waals surface area contributed by atoms with E-state index in [2.05, 4.69) is 74.1 Å². The molecule has 0 N–H and O–H groups in total. The summed E-state index contributed by atoms with van der Waals surface area (Å²) in [7, 11) is -1.67. The van der Waals surface area contributed by atoms with Crippen LogP contribution in [0.5, 0.6) is 0 Å². The lowest BCUT2D eigenvalue weighted by molar-refractivity contribution is 0.284. The van der Waals surface area contributed by atoms with Crippen molar-refractivity contribution in [2.45, 2.75) is 45.3 Å². The average molecular weight is 343 g/mol. The number of anilines is 2. The SMILES string of the molecule is CC(C)(C)[Si](C)(C)OCCCN(c1ccccc1)c1cccnc1. The van der Waals surface area contributed by atoms with E-state index in [-0.39, 0.29) is 5.04 Å². The Kier molecular flexibility index (Phi) is 6.19. The van der Waals surface area contributed by atoms with E-state index < -0.39 is 8.32 Å². The van der Waals surface area contributed by atoms with Crippen LogP contribution in [0.4, 0.5) is 11.4 Å². The van der Waals surface area contributed by atoms with E-state index in [0.717, 1.165) is 25.3 Å². The van der Waals surface area contributed by atoms with Crippen molar-refractivity contribution in [3.05, 3.63) is 54.9 Å². The molecule has 1 aromatic heterocycles. The molecule has 0 saturated carbocycles. The topological polar surface area (TPSA) is 25.4 Å². The Bertz CT molecular complexity index is 569. The predicted octanol–water partition coefficient (Wildman–Crippen LogP) is 5.63. The Morgan fingerprint density at radius 2 is 1.67 bits per heavy atom. The van der Waals surface area contributed by atoms with E-state index in [1.54, 1.807) is 0 Å². The van der Waals surface area contributed by atoms with E-state index in [1.807, 2.05) is 24.5 Å². The summed E-state index contributed by atoms with van der Waals surface area (Å²) in [5.41, 5.74) is 2.31. The van der Waals surface area contributed by atoms with E-state index in [0.29, 0.717) is 0 Å². The first-order valence-electron chi connectivity index (χ1n) is 8.68. The maximum Gasteiger partial charge on any atom is 0.191 e. The summed E-state index contributed by atoms with van der Waals surface area (Å²) in [6, 6.07) is 14.6. The van der Waals surface area contributed by atoms with Gasteiger partial charge in [0.2, 0.25) is 0 Å². The third kappa shape index (κ3) is 4.92. The molecule has 0 atom stereocenters. The first-order chi connectivity index (χ1) is 11.3. The average Bonchev–Trinajstić information content (AvgIpc) is 2.55. The fourth-order valence-electron chi connectivity index (χ4n) is 2.30. The van der Waals surface area contributed by atoms with Crippen molar-refractivity contribution < 1.29 is 4.43 Å². The van der Waals surface area contributed by atoms with Gasteiger partial charge in [0.25, 0.3) is 0 Å². The number of rotatable bonds is 7. The highest BCUT2D eigenvalue weighted by molar-refractivity contribution is 6.74. The van der Waals surface area contributed by atoms with Crippen LogP contribution in [0.25, 0.3) is 0 Å². The Hall–Kier alpha value is -1.65. The lowest BCUT2D eigenvalue weighted by Crippen LogP contribution is -2.41. The van der Waals surface area contributed by atoms with Crippen LogP contribution in [0.15, 0.2) is 54.9 Å². The second-order valence-electron chi connectivity index (χ2n) is 7.66. The number of hydrogen-bond donors (Lipinski definition) is 0. The highest BCUT2D eigenvalue weighted by Gasteiger charge is 2.36. The van der Waals surface area contributed by atoms with Crippen molar-refractivity contribution in [2.75, 3.05) is 18.1 Å². The maximum absolute atomic E-state index is 6.31. The molecule has 130 valence electrons. The number of pyridine rings is 1. The minimum atomic E-state index is -1.67. The highest BCUT2D eigenvalue weighted by atomic mass is 28.4. The first kappa shape index (κ1) is 18.7. The molecular weight excluding hydrogens is 312 g/mol. The Labute approximate surface area is 147 Å². The molecule has 0 aliphatic rings. The van der Waals surface area contributed by atoms with Gasteiger partial charge in [0.1, 0.15) is 0 Å². The summed E-state index contributed by atoms with van der Waals surface area (Å²) in [6.07, 6.45) is 4.73. The molecule has 0 aliphatic heterocycles. The zero-order valence-corrected chi connectivity index (χ0v) is 16.6. The maximum atomic E-state index is 6.31. The lowest BCUT2D eigenvalue weighted by atomic mass is 10.2. The fourth-order valence-corrected chi connectivity index (χ4v) is 3.38. The molecule has 0 bridgehead atoms. The molecule has 1 heterocycles. The van der Waals surface area contributed by atoms with Gasteiger partial charge in [0.05, 0.1) is 11.9 Å². The minimum absolute atomic E-state index is 0.259. The molecule has 0 aliphatic carbocycles. The summed E-state index contributed by atoms with van der Waals surface area (Å²) < 4.78 is 6.31. The molecule has 4 heteroatoms. The number of benzene rings is 1. The number of para-hydroxylation sites is 1. The predicted molar refractivity (Wildman–Crippen MR) is 105 cm³/mol. The zero-order chi connectivity index (χ0) is 17.6. The van der Waals surface area contributed by atoms with Crippen molar-refractivity contribution in [1.82, 2.24) is 4.98 Å². The Morgan fingerprint density at radius 1 is 1.00 bits per heavy atom. The van der Waals surface area contributed by atoms with Gasteiger partial charge in [-0.15, -0.1) is 0 Å². The van der Waals surface area contributed by atoms with Crippen LogP contribution in [0.2, 0.25) is 18.1 Å². The van der Waals surface area contributed by atoms with Gasteiger partial charge in [0.15, 0.2) is 8.32 Å². The van der Waals surface area contributed by atoms with Crippen molar-refractivity contribution in [2.24, 2.45) is 0 Å². The van der Waals surface area contributed by atoms with Gasteiger partial charge in [-0.25, -0.2) is 0 Å². The molecule has 2 aromatic rings. The van der Waals surface area contributed by atoms with Crippen LogP contribution < -0.4 is 4.90 Å². The molecule has 0 spiro atoms. The molecule has 0 fully saturated rings. The quantitative estimate of drug-likeness (QED) is 0.481. The highest BCUT2D eigenvalue weighted by Crippen LogP contribution is 2.36. The van der Waals surface area contributed by atoms with Gasteiger partial charge in [-0.1, -0.05) is 39.0 Å². The summed E-state index contributed by atoms with van der Waals surface area (Å²) in [5.74, 6) is 0. The normalized spacial score (nSPS) is 12.2. The van der Waals surface area contributed by atoms with Crippen molar-refractivity contribution >= 4 is 19.7 Å². The third-order valence-electron chi connectivity index (χ3n) is 4.82. The molecule has 0 saturated heterocycles. The number of hydrogen-bond acceptors (Lipinski definition) is 3. The molecule has 0 unspecified atom stereocenters. The smallest absolute Gasteiger partial charge is 0.191 e. The minimum Gasteiger partial charge on any atom is -0.417 e. The van der Waals surface area contributed by atoms with Crippen LogP contribution in [-0.4, -0.2) is 26.5 Å². The second kappa shape index (κ2) is 7.95. The Morgan fingerprint density at radius 3 is 2.25 bits per heavy atom. The number of nitrogens with zero attached hydrogens (tertiary/aromatic N) is 2. The summed E-state index contributed by atoms with van der Waals surface area (Å²) >= 11 is 0. The van der Waals surface area contributed by atoms with Gasteiger partial charge >= 0.3 is 0 Å². The van der Waals surface area contributed by atoms with Crippen LogP contribution in [0.3, 0.4) is 0 Å². The van der Waals surface area contributed by atoms with E-state index in [1.165, 1.54) is 5.69 Å².